The van der Waals surface area contributed by atoms with Crippen molar-refractivity contribution in [1.82, 2.24) is 0 Å². The summed E-state index contributed by atoms with van der Waals surface area (Å²) in [7, 11) is -9.98. The number of rotatable bonds is 73. The summed E-state index contributed by atoms with van der Waals surface area (Å²) in [4.78, 5) is 73.0. The van der Waals surface area contributed by atoms with E-state index in [1.807, 2.05) is 0 Å². The van der Waals surface area contributed by atoms with Crippen molar-refractivity contribution >= 4 is 39.5 Å². The number of ether oxygens (including phenoxy) is 4. The van der Waals surface area contributed by atoms with Crippen LogP contribution in [0.25, 0.3) is 0 Å². The van der Waals surface area contributed by atoms with Gasteiger partial charge in [-0.2, -0.15) is 0 Å². The van der Waals surface area contributed by atoms with Crippen LogP contribution in [0.1, 0.15) is 310 Å². The normalized spacial score (nSPS) is 14.6. The average Bonchev–Trinajstić information content (AvgIpc) is 0.909. The Morgan fingerprint density at radius 2 is 0.529 bits per heavy atom. The van der Waals surface area contributed by atoms with E-state index in [9.17, 15) is 43.2 Å². The van der Waals surface area contributed by atoms with E-state index in [4.69, 9.17) is 37.0 Å². The number of allylic oxidation sites excluding steroid dienone is 22. The van der Waals surface area contributed by atoms with Gasteiger partial charge in [-0.1, -0.05) is 264 Å². The third-order valence-corrected chi connectivity index (χ3v) is 18.0. The van der Waals surface area contributed by atoms with Gasteiger partial charge in [0.25, 0.3) is 0 Å². The number of unbranched alkanes of at least 4 members (excludes halogenated alkanes) is 25. The first-order valence-electron chi connectivity index (χ1n) is 39.4. The van der Waals surface area contributed by atoms with Crippen molar-refractivity contribution in [2.45, 2.75) is 329 Å². The summed E-state index contributed by atoms with van der Waals surface area (Å²) >= 11 is 0. The molecule has 0 aromatic carbocycles. The predicted octanol–water partition coefficient (Wildman–Crippen LogP) is 22.9. The lowest BCUT2D eigenvalue weighted by atomic mass is 10.1. The van der Waals surface area contributed by atoms with E-state index in [2.05, 4.69) is 161 Å². The molecule has 5 unspecified atom stereocenters. The molecule has 3 N–H and O–H groups in total. The minimum atomic E-state index is -4.99. The van der Waals surface area contributed by atoms with Crippen molar-refractivity contribution in [3.63, 3.8) is 0 Å². The molecule has 0 aliphatic carbocycles. The molecule has 0 saturated carbocycles. The highest BCUT2D eigenvalue weighted by atomic mass is 31.2. The van der Waals surface area contributed by atoms with Crippen molar-refractivity contribution in [3.05, 3.63) is 134 Å². The molecular weight excluding hydrogens is 1330 g/mol. The smallest absolute Gasteiger partial charge is 0.462 e. The second-order valence-electron chi connectivity index (χ2n) is 25.9. The van der Waals surface area contributed by atoms with E-state index < -0.39 is 97.5 Å². The minimum absolute atomic E-state index is 0.0732. The van der Waals surface area contributed by atoms with Crippen LogP contribution in [-0.4, -0.2) is 96.7 Å². The van der Waals surface area contributed by atoms with Crippen molar-refractivity contribution in [1.29, 1.82) is 0 Å². The van der Waals surface area contributed by atoms with Crippen LogP contribution < -0.4 is 0 Å². The number of carbonyl (C=O) groups is 4. The van der Waals surface area contributed by atoms with Gasteiger partial charge in [-0.25, -0.2) is 9.13 Å². The van der Waals surface area contributed by atoms with Crippen molar-refractivity contribution in [2.24, 2.45) is 0 Å². The first-order chi connectivity index (χ1) is 49.7. The summed E-state index contributed by atoms with van der Waals surface area (Å²) in [6, 6.07) is 0. The molecule has 0 heterocycles. The molecule has 0 aliphatic rings. The molecule has 19 heteroatoms. The van der Waals surface area contributed by atoms with Crippen LogP contribution in [0, 0.1) is 0 Å². The van der Waals surface area contributed by atoms with Gasteiger partial charge in [0.05, 0.1) is 26.4 Å². The zero-order valence-corrected chi connectivity index (χ0v) is 65.5. The third kappa shape index (κ3) is 73.5. The highest BCUT2D eigenvalue weighted by molar-refractivity contribution is 7.47. The van der Waals surface area contributed by atoms with Crippen LogP contribution >= 0.6 is 15.6 Å². The molecule has 5 atom stereocenters. The Hall–Kier alpha value is -4.80. The lowest BCUT2D eigenvalue weighted by molar-refractivity contribution is -0.161. The molecule has 0 spiro atoms. The van der Waals surface area contributed by atoms with E-state index in [1.54, 1.807) is 0 Å². The molecule has 0 rings (SSSR count). The Kier molecular flexibility index (Phi) is 71.0. The summed E-state index contributed by atoms with van der Waals surface area (Å²) < 4.78 is 68.5. The van der Waals surface area contributed by atoms with Gasteiger partial charge in [0.1, 0.15) is 19.3 Å². The first kappa shape index (κ1) is 97.2. The first-order valence-corrected chi connectivity index (χ1v) is 42.4. The van der Waals surface area contributed by atoms with Gasteiger partial charge in [0.2, 0.25) is 0 Å². The number of esters is 4. The van der Waals surface area contributed by atoms with E-state index >= 15 is 0 Å². The van der Waals surface area contributed by atoms with Crippen LogP contribution in [0.4, 0.5) is 0 Å². The molecule has 584 valence electrons. The van der Waals surface area contributed by atoms with Gasteiger partial charge in [0, 0.05) is 25.7 Å². The molecule has 0 aliphatic heterocycles. The number of hydrogen-bond acceptors (Lipinski definition) is 15. The fraction of sp³-hybridized carbons (Fsp3) is 0.687. The van der Waals surface area contributed by atoms with Gasteiger partial charge < -0.3 is 33.8 Å². The van der Waals surface area contributed by atoms with Gasteiger partial charge in [-0.15, -0.1) is 0 Å². The molecule has 17 nitrogen and oxygen atoms in total. The third-order valence-electron chi connectivity index (χ3n) is 16.1. The summed E-state index contributed by atoms with van der Waals surface area (Å²) in [6.07, 6.45) is 82.9. The SMILES string of the molecule is CC/C=C\C/C=C\C/C=C\C/C=C\C/C=C\CCCCCC(=O)OCC(COP(=O)(O)OCC(O)COP(=O)(O)OCC(COC(=O)CCCCCCCCC/C=C\C/C=C\C/C=C\CC)OC(=O)CCCCCCC/C=C\C/C=C\CCC)OC(=O)CCCCCCC/C=C\CCCCCC. The quantitative estimate of drug-likeness (QED) is 0.0169. The van der Waals surface area contributed by atoms with Gasteiger partial charge >= 0.3 is 39.5 Å². The van der Waals surface area contributed by atoms with E-state index in [1.165, 1.54) is 25.7 Å². The number of aliphatic hydroxyl groups excluding tert-OH is 1. The molecule has 0 amide bonds. The molecule has 0 radical (unpaired) electrons. The largest absolute Gasteiger partial charge is 0.472 e. The summed E-state index contributed by atoms with van der Waals surface area (Å²) in [5, 5.41) is 10.6. The zero-order valence-electron chi connectivity index (χ0n) is 63.7. The number of carbonyl (C=O) groups excluding carboxylic acids is 4. The van der Waals surface area contributed by atoms with Gasteiger partial charge in [-0.3, -0.25) is 37.3 Å². The number of hydrogen-bond donors (Lipinski definition) is 3. The number of phosphoric acid groups is 2. The highest BCUT2D eigenvalue weighted by Gasteiger charge is 2.30. The Labute approximate surface area is 618 Å². The summed E-state index contributed by atoms with van der Waals surface area (Å²) in [6.45, 7) is 4.50. The van der Waals surface area contributed by atoms with Crippen LogP contribution in [0.15, 0.2) is 134 Å². The summed E-state index contributed by atoms with van der Waals surface area (Å²) in [5.41, 5.74) is 0. The monoisotopic (exact) mass is 1470 g/mol. The van der Waals surface area contributed by atoms with Crippen molar-refractivity contribution in [3.8, 4) is 0 Å². The maximum absolute atomic E-state index is 13.1. The Bertz CT molecular complexity index is 2460. The fourth-order valence-electron chi connectivity index (χ4n) is 10.1. The van der Waals surface area contributed by atoms with E-state index in [0.717, 1.165) is 205 Å². The number of aliphatic hydroxyl groups is 1. The molecule has 0 bridgehead atoms. The average molecular weight is 1470 g/mol. The van der Waals surface area contributed by atoms with Crippen molar-refractivity contribution < 1.29 is 80.2 Å². The Morgan fingerprint density at radius 1 is 0.284 bits per heavy atom. The lowest BCUT2D eigenvalue weighted by Gasteiger charge is -2.21. The highest BCUT2D eigenvalue weighted by Crippen LogP contribution is 2.45. The second kappa shape index (κ2) is 74.5. The van der Waals surface area contributed by atoms with Gasteiger partial charge in [-0.05, 0) is 154 Å². The molecular formula is C83H140O17P2. The standard InChI is InChI=1S/C83H140O17P2/c1-5-9-13-17-21-25-29-33-35-37-38-40-42-46-48-52-56-60-64-68-81(86)94-74-79(100-83(88)70-66-62-58-54-50-44-32-28-24-20-16-12-8-4)76-98-102(91,92)96-72-77(84)71-95-101(89,90)97-75-78(99-82(87)69-65-61-57-53-49-43-31-27-23-19-15-11-7-3)73-93-80(85)67-63-59-55-51-47-45-41-39-36-34-30-26-22-18-14-10-6-2/h9-10,13-15,19,21-22,25-28,31-36,38,40,46,48,77-79,84H,5-8,11-12,16-18,20,23-24,29-30,37,39,41-45,47,49-76H2,1-4H3,(H,89,90)(H,91,92)/b13-9-,14-10-,19-15-,25-21-,26-22-,31-27-,32-28-,35-33-,36-34-,40-38-,48-46-. The molecule has 102 heavy (non-hydrogen) atoms. The lowest BCUT2D eigenvalue weighted by Crippen LogP contribution is -2.30. The maximum atomic E-state index is 13.1. The van der Waals surface area contributed by atoms with Crippen LogP contribution in [0.5, 0.6) is 0 Å². The minimum Gasteiger partial charge on any atom is -0.462 e. The topological polar surface area (TPSA) is 237 Å². The second-order valence-corrected chi connectivity index (χ2v) is 28.8. The zero-order chi connectivity index (χ0) is 74.6. The Morgan fingerprint density at radius 3 is 0.843 bits per heavy atom. The van der Waals surface area contributed by atoms with Crippen molar-refractivity contribution in [2.75, 3.05) is 39.6 Å². The van der Waals surface area contributed by atoms with Crippen LogP contribution in [0.3, 0.4) is 0 Å². The summed E-state index contributed by atoms with van der Waals surface area (Å²) in [5.74, 6) is -2.25. The van der Waals surface area contributed by atoms with Gasteiger partial charge in [0.15, 0.2) is 12.2 Å². The molecule has 0 fully saturated rings. The van der Waals surface area contributed by atoms with E-state index in [0.29, 0.717) is 25.7 Å². The maximum Gasteiger partial charge on any atom is 0.472 e. The number of phosphoric ester groups is 2. The Balaban J connectivity index is 5.38. The predicted molar refractivity (Wildman–Crippen MR) is 418 cm³/mol. The molecule has 0 saturated heterocycles. The van der Waals surface area contributed by atoms with Crippen LogP contribution in [0.2, 0.25) is 0 Å². The molecule has 0 aromatic rings. The molecule has 0 aromatic heterocycles. The fourth-order valence-corrected chi connectivity index (χ4v) is 11.7. The van der Waals surface area contributed by atoms with E-state index in [-0.39, 0.29) is 25.7 Å². The van der Waals surface area contributed by atoms with Crippen LogP contribution in [-0.2, 0) is 65.4 Å².